The fraction of sp³-hybridized carbons (Fsp3) is 0.600. The third-order valence-corrected chi connectivity index (χ3v) is 6.35. The van der Waals surface area contributed by atoms with Gasteiger partial charge in [0.15, 0.2) is 0 Å². The van der Waals surface area contributed by atoms with Crippen molar-refractivity contribution < 1.29 is 13.7 Å². The molecule has 0 atom stereocenters. The van der Waals surface area contributed by atoms with Crippen molar-refractivity contribution in [2.45, 2.75) is 58.5 Å². The van der Waals surface area contributed by atoms with Crippen LogP contribution in [-0.2, 0) is 9.31 Å². The van der Waals surface area contributed by atoms with Crippen LogP contribution in [0.4, 0.5) is 4.39 Å². The highest BCUT2D eigenvalue weighted by atomic mass is 28.3. The minimum Gasteiger partial charge on any atom is -0.399 e. The molecular weight excluding hydrogens is 270 g/mol. The molecule has 0 N–H and O–H groups in total. The van der Waals surface area contributed by atoms with Crippen LogP contribution in [0.2, 0.25) is 19.6 Å². The molecule has 20 heavy (non-hydrogen) atoms. The average molecular weight is 294 g/mol. The van der Waals surface area contributed by atoms with Gasteiger partial charge in [-0.2, -0.15) is 0 Å². The largest absolute Gasteiger partial charge is 0.494 e. The van der Waals surface area contributed by atoms with Gasteiger partial charge in [0.25, 0.3) is 0 Å². The molecule has 0 aromatic heterocycles. The first kappa shape index (κ1) is 15.7. The molecule has 1 fully saturated rings. The number of hydrogen-bond acceptors (Lipinski definition) is 2. The normalized spacial score (nSPS) is 21.3. The van der Waals surface area contributed by atoms with Gasteiger partial charge in [-0.1, -0.05) is 31.8 Å². The van der Waals surface area contributed by atoms with Crippen molar-refractivity contribution in [3.8, 4) is 0 Å². The highest BCUT2D eigenvalue weighted by Gasteiger charge is 2.51. The Labute approximate surface area is 122 Å². The molecular formula is C15H24BFO2Si. The van der Waals surface area contributed by atoms with E-state index < -0.39 is 26.4 Å². The molecule has 2 rings (SSSR count). The van der Waals surface area contributed by atoms with Crippen LogP contribution < -0.4 is 10.6 Å². The Bertz CT molecular complexity index is 507. The molecule has 0 amide bonds. The first-order chi connectivity index (χ1) is 8.94. The van der Waals surface area contributed by atoms with Crippen LogP contribution in [0.5, 0.6) is 0 Å². The Hall–Kier alpha value is -0.648. The smallest absolute Gasteiger partial charge is 0.399 e. The van der Waals surface area contributed by atoms with Gasteiger partial charge in [0.2, 0.25) is 0 Å². The van der Waals surface area contributed by atoms with Crippen molar-refractivity contribution in [1.29, 1.82) is 0 Å². The fourth-order valence-corrected chi connectivity index (χ4v) is 3.64. The summed E-state index contributed by atoms with van der Waals surface area (Å²) in [6.45, 7) is 14.4. The number of benzene rings is 1. The van der Waals surface area contributed by atoms with Crippen molar-refractivity contribution in [2.75, 3.05) is 0 Å². The summed E-state index contributed by atoms with van der Waals surface area (Å²) in [6.07, 6.45) is 0. The Balaban J connectivity index is 2.31. The van der Waals surface area contributed by atoms with Crippen molar-refractivity contribution in [2.24, 2.45) is 0 Å². The van der Waals surface area contributed by atoms with Crippen LogP contribution in [0.25, 0.3) is 0 Å². The van der Waals surface area contributed by atoms with E-state index in [1.807, 2.05) is 39.8 Å². The lowest BCUT2D eigenvalue weighted by Crippen LogP contribution is -2.43. The molecule has 1 saturated heterocycles. The first-order valence-corrected chi connectivity index (χ1v) is 10.6. The fourth-order valence-electron chi connectivity index (χ4n) is 2.27. The third-order valence-electron chi connectivity index (χ3n) is 4.33. The highest BCUT2D eigenvalue weighted by Crippen LogP contribution is 2.36. The molecule has 1 aliphatic heterocycles. The zero-order valence-electron chi connectivity index (χ0n) is 13.5. The number of halogens is 1. The lowest BCUT2D eigenvalue weighted by atomic mass is 9.79. The van der Waals surface area contributed by atoms with Gasteiger partial charge in [-0.15, -0.1) is 0 Å². The topological polar surface area (TPSA) is 18.5 Å². The predicted molar refractivity (Wildman–Crippen MR) is 85.1 cm³/mol. The van der Waals surface area contributed by atoms with Gasteiger partial charge in [-0.05, 0) is 44.4 Å². The lowest BCUT2D eigenvalue weighted by molar-refractivity contribution is 0.00578. The quantitative estimate of drug-likeness (QED) is 0.781. The molecule has 0 unspecified atom stereocenters. The summed E-state index contributed by atoms with van der Waals surface area (Å²) in [4.78, 5) is 0. The van der Waals surface area contributed by atoms with Gasteiger partial charge < -0.3 is 9.31 Å². The van der Waals surface area contributed by atoms with E-state index in [2.05, 4.69) is 19.6 Å². The molecule has 1 heterocycles. The van der Waals surface area contributed by atoms with Gasteiger partial charge in [-0.3, -0.25) is 0 Å². The summed E-state index contributed by atoms with van der Waals surface area (Å²) in [5.74, 6) is -0.142. The van der Waals surface area contributed by atoms with Crippen molar-refractivity contribution in [1.82, 2.24) is 0 Å². The zero-order chi connectivity index (χ0) is 15.3. The molecule has 5 heteroatoms. The summed E-state index contributed by atoms with van der Waals surface area (Å²) < 4.78 is 26.2. The average Bonchev–Trinajstić information content (AvgIpc) is 2.46. The maximum absolute atomic E-state index is 14.3. The standard InChI is InChI=1S/C15H24BFO2Si/c1-14(2)15(3,4)19-16(18-14)11-8-9-13(12(17)10-11)20(5,6)7/h8-10H,1-7H3. The molecule has 1 aliphatic rings. The molecule has 0 saturated carbocycles. The Kier molecular flexibility index (Phi) is 3.68. The summed E-state index contributed by atoms with van der Waals surface area (Å²) in [5.41, 5.74) is -0.0415. The summed E-state index contributed by atoms with van der Waals surface area (Å²) in [7, 11) is -2.15. The highest BCUT2D eigenvalue weighted by molar-refractivity contribution is 6.88. The molecule has 2 nitrogen and oxygen atoms in total. The summed E-state index contributed by atoms with van der Waals surface area (Å²) in [6, 6.07) is 5.39. The third kappa shape index (κ3) is 2.71. The van der Waals surface area contributed by atoms with Crippen LogP contribution in [0.1, 0.15) is 27.7 Å². The monoisotopic (exact) mass is 294 g/mol. The maximum atomic E-state index is 14.3. The van der Waals surface area contributed by atoms with Crippen LogP contribution in [-0.4, -0.2) is 26.4 Å². The van der Waals surface area contributed by atoms with Crippen LogP contribution in [0, 0.1) is 5.82 Å². The molecule has 0 radical (unpaired) electrons. The van der Waals surface area contributed by atoms with Gasteiger partial charge in [-0.25, -0.2) is 4.39 Å². The van der Waals surface area contributed by atoms with E-state index in [1.54, 1.807) is 6.07 Å². The van der Waals surface area contributed by atoms with E-state index in [9.17, 15) is 4.39 Å². The van der Waals surface area contributed by atoms with Gasteiger partial charge in [0.05, 0.1) is 19.3 Å². The molecule has 110 valence electrons. The minimum atomic E-state index is -1.65. The van der Waals surface area contributed by atoms with E-state index in [4.69, 9.17) is 9.31 Å². The number of rotatable bonds is 2. The van der Waals surface area contributed by atoms with Crippen LogP contribution in [0.3, 0.4) is 0 Å². The predicted octanol–water partition coefficient (Wildman–Crippen LogP) is 2.67. The van der Waals surface area contributed by atoms with Crippen LogP contribution >= 0.6 is 0 Å². The Morgan fingerprint density at radius 2 is 1.50 bits per heavy atom. The second kappa shape index (κ2) is 4.68. The SMILES string of the molecule is CC1(C)OB(c2ccc([Si](C)(C)C)c(F)c2)OC1(C)C. The zero-order valence-corrected chi connectivity index (χ0v) is 14.5. The Morgan fingerprint density at radius 3 is 1.90 bits per heavy atom. The van der Waals surface area contributed by atoms with E-state index in [0.29, 0.717) is 0 Å². The van der Waals surface area contributed by atoms with E-state index >= 15 is 0 Å². The van der Waals surface area contributed by atoms with Crippen molar-refractivity contribution in [3.05, 3.63) is 24.0 Å². The lowest BCUT2D eigenvalue weighted by Gasteiger charge is -2.32. The number of hydrogen-bond donors (Lipinski definition) is 0. The second-order valence-corrected chi connectivity index (χ2v) is 12.6. The first-order valence-electron chi connectivity index (χ1n) is 7.10. The molecule has 0 spiro atoms. The van der Waals surface area contributed by atoms with E-state index in [-0.39, 0.29) is 5.82 Å². The summed E-state index contributed by atoms with van der Waals surface area (Å²) in [5, 5.41) is 0.845. The summed E-state index contributed by atoms with van der Waals surface area (Å²) >= 11 is 0. The van der Waals surface area contributed by atoms with Crippen LogP contribution in [0.15, 0.2) is 18.2 Å². The van der Waals surface area contributed by atoms with Gasteiger partial charge >= 0.3 is 7.12 Å². The van der Waals surface area contributed by atoms with Crippen molar-refractivity contribution in [3.63, 3.8) is 0 Å². The van der Waals surface area contributed by atoms with Crippen molar-refractivity contribution >= 4 is 25.8 Å². The Morgan fingerprint density at radius 1 is 1.00 bits per heavy atom. The van der Waals surface area contributed by atoms with Gasteiger partial charge in [0.1, 0.15) is 5.82 Å². The molecule has 1 aromatic rings. The molecule has 0 bridgehead atoms. The van der Waals surface area contributed by atoms with E-state index in [0.717, 1.165) is 10.6 Å². The van der Waals surface area contributed by atoms with E-state index in [1.165, 1.54) is 0 Å². The van der Waals surface area contributed by atoms with Gasteiger partial charge in [0, 0.05) is 0 Å². The minimum absolute atomic E-state index is 0.142. The maximum Gasteiger partial charge on any atom is 0.494 e. The molecule has 1 aromatic carbocycles. The second-order valence-electron chi connectivity index (χ2n) is 7.58. The molecule has 0 aliphatic carbocycles.